The van der Waals surface area contributed by atoms with E-state index in [9.17, 15) is 21.6 Å². The number of aromatic nitrogens is 3. The van der Waals surface area contributed by atoms with Gasteiger partial charge in [0.2, 0.25) is 10.0 Å². The molecule has 28 heavy (non-hydrogen) atoms. The van der Waals surface area contributed by atoms with Crippen molar-refractivity contribution in [2.75, 3.05) is 15.8 Å². The number of H-pyrrole nitrogens is 1. The van der Waals surface area contributed by atoms with Gasteiger partial charge in [0.25, 0.3) is 0 Å². The fourth-order valence-electron chi connectivity index (χ4n) is 2.31. The van der Waals surface area contributed by atoms with Crippen LogP contribution < -0.4 is 10.0 Å². The van der Waals surface area contributed by atoms with Crippen LogP contribution in [0, 0.1) is 0 Å². The fourth-order valence-corrected chi connectivity index (χ4v) is 2.95. The van der Waals surface area contributed by atoms with Crippen molar-refractivity contribution in [3.8, 4) is 11.3 Å². The highest BCUT2D eigenvalue weighted by Gasteiger charge is 2.32. The van der Waals surface area contributed by atoms with Gasteiger partial charge in [-0.1, -0.05) is 12.1 Å². The van der Waals surface area contributed by atoms with Crippen LogP contribution in [0.5, 0.6) is 0 Å². The smallest absolute Gasteiger partial charge is 0.339 e. The predicted molar refractivity (Wildman–Crippen MR) is 99.6 cm³/mol. The summed E-state index contributed by atoms with van der Waals surface area (Å²) in [6.45, 7) is 1.54. The lowest BCUT2D eigenvalue weighted by Crippen LogP contribution is -2.14. The van der Waals surface area contributed by atoms with Crippen LogP contribution in [0.25, 0.3) is 11.3 Å². The van der Waals surface area contributed by atoms with E-state index in [0.29, 0.717) is 17.2 Å². The minimum atomic E-state index is -4.53. The van der Waals surface area contributed by atoms with Gasteiger partial charge in [-0.3, -0.25) is 14.8 Å². The lowest BCUT2D eigenvalue weighted by molar-refractivity contribution is -0.141. The summed E-state index contributed by atoms with van der Waals surface area (Å²) in [5, 5.41) is 9.59. The van der Waals surface area contributed by atoms with Crippen molar-refractivity contribution in [3.05, 3.63) is 54.4 Å². The number of alkyl halides is 3. The molecule has 1 aromatic carbocycles. The third-order valence-corrected chi connectivity index (χ3v) is 5.06. The molecule has 7 nitrogen and oxygen atoms in total. The maximum atomic E-state index is 12.7. The Hall–Kier alpha value is -3.08. The minimum Gasteiger partial charge on any atom is -0.339 e. The van der Waals surface area contributed by atoms with Crippen LogP contribution in [0.1, 0.15) is 12.6 Å². The Bertz CT molecular complexity index is 1060. The maximum absolute atomic E-state index is 12.7. The standard InChI is InChI=1S/C17H16F3N5O2S/c1-2-28(26,27)25-12-5-3-11(4-6-12)14-10-16(24-23-14)22-13-7-8-21-15(9-13)17(18,19)20/h3-10,25H,2H2,1H3,(H2,21,22,23,24). The Kier molecular flexibility index (Phi) is 5.27. The molecule has 0 aliphatic carbocycles. The molecule has 0 radical (unpaired) electrons. The molecule has 0 spiro atoms. The quantitative estimate of drug-likeness (QED) is 0.569. The van der Waals surface area contributed by atoms with E-state index in [2.05, 4.69) is 25.2 Å². The fraction of sp³-hybridized carbons (Fsp3) is 0.176. The first kappa shape index (κ1) is 19.7. The maximum Gasteiger partial charge on any atom is 0.433 e. The number of rotatable bonds is 6. The zero-order valence-electron chi connectivity index (χ0n) is 14.6. The highest BCUT2D eigenvalue weighted by atomic mass is 32.2. The summed E-state index contributed by atoms with van der Waals surface area (Å²) in [6.07, 6.45) is -3.47. The Balaban J connectivity index is 1.74. The summed E-state index contributed by atoms with van der Waals surface area (Å²) in [7, 11) is -3.36. The Morgan fingerprint density at radius 2 is 1.79 bits per heavy atom. The monoisotopic (exact) mass is 411 g/mol. The van der Waals surface area contributed by atoms with Crippen molar-refractivity contribution in [2.45, 2.75) is 13.1 Å². The van der Waals surface area contributed by atoms with Gasteiger partial charge < -0.3 is 5.32 Å². The first-order chi connectivity index (χ1) is 13.2. The van der Waals surface area contributed by atoms with E-state index in [1.54, 1.807) is 30.3 Å². The molecule has 11 heteroatoms. The molecule has 0 aliphatic rings. The van der Waals surface area contributed by atoms with E-state index in [1.807, 2.05) is 0 Å². The molecule has 148 valence electrons. The van der Waals surface area contributed by atoms with E-state index in [4.69, 9.17) is 0 Å². The molecule has 0 atom stereocenters. The van der Waals surface area contributed by atoms with Crippen molar-refractivity contribution < 1.29 is 21.6 Å². The lowest BCUT2D eigenvalue weighted by Gasteiger charge is -2.08. The topological polar surface area (TPSA) is 99.8 Å². The molecule has 0 saturated heterocycles. The zero-order valence-corrected chi connectivity index (χ0v) is 15.4. The van der Waals surface area contributed by atoms with Gasteiger partial charge >= 0.3 is 6.18 Å². The third-order valence-electron chi connectivity index (χ3n) is 3.75. The van der Waals surface area contributed by atoms with Gasteiger partial charge in [-0.05, 0) is 36.8 Å². The number of benzene rings is 1. The highest BCUT2D eigenvalue weighted by molar-refractivity contribution is 7.92. The molecule has 0 amide bonds. The summed E-state index contributed by atoms with van der Waals surface area (Å²) in [6, 6.07) is 10.5. The molecule has 3 N–H and O–H groups in total. The molecule has 3 rings (SSSR count). The number of aromatic amines is 1. The number of hydrogen-bond donors (Lipinski definition) is 3. The number of nitrogens with zero attached hydrogens (tertiary/aromatic N) is 2. The van der Waals surface area contributed by atoms with Crippen molar-refractivity contribution >= 4 is 27.2 Å². The molecule has 0 bridgehead atoms. The predicted octanol–water partition coefficient (Wildman–Crippen LogP) is 4.00. The molecule has 0 fully saturated rings. The van der Waals surface area contributed by atoms with Gasteiger partial charge in [0.05, 0.1) is 11.4 Å². The van der Waals surface area contributed by atoms with E-state index >= 15 is 0 Å². The van der Waals surface area contributed by atoms with Crippen LogP contribution in [0.4, 0.5) is 30.4 Å². The van der Waals surface area contributed by atoms with E-state index < -0.39 is 21.9 Å². The second kappa shape index (κ2) is 7.50. The molecular formula is C17H16F3N5O2S. The zero-order chi connectivity index (χ0) is 20.4. The van der Waals surface area contributed by atoms with Gasteiger partial charge in [0, 0.05) is 23.6 Å². The second-order valence-electron chi connectivity index (χ2n) is 5.80. The second-order valence-corrected chi connectivity index (χ2v) is 7.81. The molecular weight excluding hydrogens is 395 g/mol. The number of nitrogens with one attached hydrogen (secondary N) is 3. The first-order valence-electron chi connectivity index (χ1n) is 8.13. The molecule has 3 aromatic rings. The van der Waals surface area contributed by atoms with Gasteiger partial charge in [-0.25, -0.2) is 8.42 Å². The highest BCUT2D eigenvalue weighted by Crippen LogP contribution is 2.30. The van der Waals surface area contributed by atoms with E-state index in [-0.39, 0.29) is 11.4 Å². The van der Waals surface area contributed by atoms with Gasteiger partial charge in [0.15, 0.2) is 5.82 Å². The first-order valence-corrected chi connectivity index (χ1v) is 9.78. The van der Waals surface area contributed by atoms with Crippen LogP contribution in [0.15, 0.2) is 48.7 Å². The third kappa shape index (κ3) is 4.80. The lowest BCUT2D eigenvalue weighted by atomic mass is 10.1. The number of sulfonamides is 1. The van der Waals surface area contributed by atoms with Gasteiger partial charge in [-0.2, -0.15) is 18.3 Å². The summed E-state index contributed by atoms with van der Waals surface area (Å²) in [5.41, 5.74) is 0.964. The van der Waals surface area contributed by atoms with Crippen LogP contribution in [0.2, 0.25) is 0 Å². The van der Waals surface area contributed by atoms with Gasteiger partial charge in [-0.15, -0.1) is 0 Å². The Morgan fingerprint density at radius 1 is 1.07 bits per heavy atom. The molecule has 0 aliphatic heterocycles. The van der Waals surface area contributed by atoms with Crippen molar-refractivity contribution in [1.82, 2.24) is 15.2 Å². The van der Waals surface area contributed by atoms with Crippen LogP contribution in [-0.4, -0.2) is 29.4 Å². The summed E-state index contributed by atoms with van der Waals surface area (Å²) >= 11 is 0. The van der Waals surface area contributed by atoms with E-state index in [0.717, 1.165) is 17.8 Å². The largest absolute Gasteiger partial charge is 0.433 e. The number of hydrogen-bond acceptors (Lipinski definition) is 5. The molecule has 2 aromatic heterocycles. The van der Waals surface area contributed by atoms with E-state index in [1.165, 1.54) is 13.0 Å². The molecule has 0 unspecified atom stereocenters. The average molecular weight is 411 g/mol. The van der Waals surface area contributed by atoms with Gasteiger partial charge in [0.1, 0.15) is 5.69 Å². The number of anilines is 3. The summed E-state index contributed by atoms with van der Waals surface area (Å²) < 4.78 is 63.8. The summed E-state index contributed by atoms with van der Waals surface area (Å²) in [4.78, 5) is 3.30. The number of pyridine rings is 1. The van der Waals surface area contributed by atoms with Crippen LogP contribution >= 0.6 is 0 Å². The van der Waals surface area contributed by atoms with Crippen LogP contribution in [0.3, 0.4) is 0 Å². The molecule has 0 saturated carbocycles. The summed E-state index contributed by atoms with van der Waals surface area (Å²) in [5.74, 6) is 0.292. The Labute approximate surface area is 159 Å². The SMILES string of the molecule is CCS(=O)(=O)Nc1ccc(-c2cc(Nc3ccnc(C(F)(F)F)c3)n[nH]2)cc1. The number of halogens is 3. The van der Waals surface area contributed by atoms with Crippen molar-refractivity contribution in [3.63, 3.8) is 0 Å². The average Bonchev–Trinajstić information content (AvgIpc) is 3.10. The Morgan fingerprint density at radius 3 is 2.43 bits per heavy atom. The molecule has 2 heterocycles. The normalized spacial score (nSPS) is 12.0. The minimum absolute atomic E-state index is 0.0324. The van der Waals surface area contributed by atoms with Crippen molar-refractivity contribution in [2.24, 2.45) is 0 Å². The van der Waals surface area contributed by atoms with Crippen molar-refractivity contribution in [1.29, 1.82) is 0 Å². The van der Waals surface area contributed by atoms with Crippen LogP contribution in [-0.2, 0) is 16.2 Å².